The highest BCUT2D eigenvalue weighted by atomic mass is 32.2. The van der Waals surface area contributed by atoms with Crippen LogP contribution in [0.3, 0.4) is 0 Å². The molecule has 8 nitrogen and oxygen atoms in total. The number of benzene rings is 1. The van der Waals surface area contributed by atoms with E-state index in [4.69, 9.17) is 23.7 Å². The van der Waals surface area contributed by atoms with Crippen LogP contribution in [0.2, 0.25) is 0 Å². The summed E-state index contributed by atoms with van der Waals surface area (Å²) in [6, 6.07) is 7.45. The highest BCUT2D eigenvalue weighted by Gasteiger charge is 2.48. The largest absolute Gasteiger partial charge is 0.497 e. The monoisotopic (exact) mass is 448 g/mol. The Kier molecular flexibility index (Phi) is 5.88. The number of methoxy groups -OCH3 is 1. The van der Waals surface area contributed by atoms with Gasteiger partial charge >= 0.3 is 17.9 Å². The van der Waals surface area contributed by atoms with Crippen LogP contribution in [0.1, 0.15) is 38.4 Å². The molecule has 3 aliphatic rings. The van der Waals surface area contributed by atoms with Gasteiger partial charge in [0.1, 0.15) is 23.4 Å². The highest BCUT2D eigenvalue weighted by molar-refractivity contribution is 8.04. The molecule has 0 amide bonds. The van der Waals surface area contributed by atoms with E-state index < -0.39 is 29.6 Å². The summed E-state index contributed by atoms with van der Waals surface area (Å²) in [5.74, 6) is -0.121. The molecule has 0 aromatic heterocycles. The zero-order valence-corrected chi connectivity index (χ0v) is 18.4. The molecule has 166 valence electrons. The standard InChI is InChI=1S/C22H24O8S/c1-22(2)11-27-21(25)19(22)30-20(24)18-17(14-8-9-16(23)28-14)29-15(10-31-18)12-4-6-13(26-3)7-5-12/h4-7,14-15,19H,8-11H2,1-3H3/t14-,15+,19-/m1/s1. The number of ether oxygens (including phenoxy) is 5. The van der Waals surface area contributed by atoms with E-state index in [-0.39, 0.29) is 35.8 Å². The van der Waals surface area contributed by atoms with Gasteiger partial charge in [-0.3, -0.25) is 4.79 Å². The summed E-state index contributed by atoms with van der Waals surface area (Å²) in [6.07, 6.45) is -1.33. The third-order valence-electron chi connectivity index (χ3n) is 5.46. The molecule has 1 aromatic carbocycles. The topological polar surface area (TPSA) is 97.4 Å². The van der Waals surface area contributed by atoms with Crippen molar-refractivity contribution >= 4 is 29.7 Å². The number of hydrogen-bond donors (Lipinski definition) is 0. The number of carbonyl (C=O) groups is 3. The van der Waals surface area contributed by atoms with Gasteiger partial charge in [-0.15, -0.1) is 11.8 Å². The maximum Gasteiger partial charge on any atom is 0.349 e. The molecular formula is C22H24O8S. The molecule has 0 radical (unpaired) electrons. The molecule has 3 atom stereocenters. The predicted octanol–water partition coefficient (Wildman–Crippen LogP) is 2.91. The Morgan fingerprint density at radius 1 is 1.13 bits per heavy atom. The molecule has 3 heterocycles. The third-order valence-corrected chi connectivity index (χ3v) is 6.58. The first-order valence-corrected chi connectivity index (χ1v) is 11.0. The molecule has 3 aliphatic heterocycles. The zero-order chi connectivity index (χ0) is 22.2. The van der Waals surface area contributed by atoms with Gasteiger partial charge in [0.2, 0.25) is 6.10 Å². The first kappa shape index (κ1) is 21.5. The van der Waals surface area contributed by atoms with Crippen LogP contribution in [0.5, 0.6) is 5.75 Å². The normalized spacial score (nSPS) is 27.4. The summed E-state index contributed by atoms with van der Waals surface area (Å²) in [4.78, 5) is 37.0. The minimum absolute atomic E-state index is 0.180. The van der Waals surface area contributed by atoms with E-state index in [9.17, 15) is 14.4 Å². The van der Waals surface area contributed by atoms with E-state index in [1.807, 2.05) is 24.3 Å². The third kappa shape index (κ3) is 4.37. The van der Waals surface area contributed by atoms with Crippen LogP contribution in [-0.4, -0.2) is 49.6 Å². The lowest BCUT2D eigenvalue weighted by Crippen LogP contribution is -2.36. The van der Waals surface area contributed by atoms with Gasteiger partial charge in [0.05, 0.1) is 7.11 Å². The average molecular weight is 448 g/mol. The van der Waals surface area contributed by atoms with Crippen molar-refractivity contribution in [2.75, 3.05) is 19.5 Å². The maximum absolute atomic E-state index is 13.0. The highest BCUT2D eigenvalue weighted by Crippen LogP contribution is 2.42. The van der Waals surface area contributed by atoms with Crippen LogP contribution in [0, 0.1) is 5.41 Å². The Bertz CT molecular complexity index is 920. The molecule has 0 N–H and O–H groups in total. The van der Waals surface area contributed by atoms with Crippen molar-refractivity contribution in [2.45, 2.75) is 45.0 Å². The summed E-state index contributed by atoms with van der Waals surface area (Å²) in [7, 11) is 1.59. The summed E-state index contributed by atoms with van der Waals surface area (Å²) in [6.45, 7) is 3.78. The Balaban J connectivity index is 1.59. The van der Waals surface area contributed by atoms with Gasteiger partial charge in [0, 0.05) is 24.0 Å². The van der Waals surface area contributed by atoms with Crippen molar-refractivity contribution in [1.29, 1.82) is 0 Å². The van der Waals surface area contributed by atoms with Crippen LogP contribution in [-0.2, 0) is 33.3 Å². The smallest absolute Gasteiger partial charge is 0.349 e. The minimum Gasteiger partial charge on any atom is -0.497 e. The van der Waals surface area contributed by atoms with Crippen LogP contribution < -0.4 is 4.74 Å². The number of thioether (sulfide) groups is 1. The second kappa shape index (κ2) is 8.45. The summed E-state index contributed by atoms with van der Waals surface area (Å²) in [5.41, 5.74) is 0.280. The molecule has 0 unspecified atom stereocenters. The average Bonchev–Trinajstić information content (AvgIpc) is 3.31. The van der Waals surface area contributed by atoms with Gasteiger partial charge in [-0.25, -0.2) is 9.59 Å². The second-order valence-electron chi connectivity index (χ2n) is 8.28. The van der Waals surface area contributed by atoms with E-state index in [1.165, 1.54) is 11.8 Å². The van der Waals surface area contributed by atoms with Crippen LogP contribution in [0.15, 0.2) is 34.9 Å². The van der Waals surface area contributed by atoms with Gasteiger partial charge in [-0.05, 0) is 17.7 Å². The molecular weight excluding hydrogens is 424 g/mol. The predicted molar refractivity (Wildman–Crippen MR) is 110 cm³/mol. The van der Waals surface area contributed by atoms with Gasteiger partial charge in [0.15, 0.2) is 11.9 Å². The number of esters is 3. The quantitative estimate of drug-likeness (QED) is 0.497. The van der Waals surface area contributed by atoms with Crippen LogP contribution in [0.25, 0.3) is 0 Å². The lowest BCUT2D eigenvalue weighted by Gasteiger charge is -2.30. The molecule has 0 saturated carbocycles. The molecule has 4 rings (SSSR count). The number of cyclic esters (lactones) is 2. The van der Waals surface area contributed by atoms with E-state index in [1.54, 1.807) is 21.0 Å². The fraction of sp³-hybridized carbons (Fsp3) is 0.500. The van der Waals surface area contributed by atoms with Gasteiger partial charge < -0.3 is 23.7 Å². The Morgan fingerprint density at radius 3 is 2.45 bits per heavy atom. The first-order valence-electron chi connectivity index (χ1n) is 10.0. The SMILES string of the molecule is COc1ccc([C@@H]2CSC(C(=O)O[C@@H]3C(=O)OCC3(C)C)=C([C@H]3CCC(=O)O3)O2)cc1. The van der Waals surface area contributed by atoms with E-state index in [0.29, 0.717) is 12.2 Å². The molecule has 2 fully saturated rings. The maximum atomic E-state index is 13.0. The van der Waals surface area contributed by atoms with E-state index in [0.717, 1.165) is 11.3 Å². The Labute approximate surface area is 184 Å². The summed E-state index contributed by atoms with van der Waals surface area (Å²) < 4.78 is 27.3. The first-order chi connectivity index (χ1) is 14.8. The molecule has 0 bridgehead atoms. The lowest BCUT2D eigenvalue weighted by atomic mass is 9.90. The van der Waals surface area contributed by atoms with Crippen molar-refractivity contribution in [2.24, 2.45) is 5.41 Å². The van der Waals surface area contributed by atoms with Crippen molar-refractivity contribution in [3.63, 3.8) is 0 Å². The van der Waals surface area contributed by atoms with Gasteiger partial charge in [-0.2, -0.15) is 0 Å². The Morgan fingerprint density at radius 2 is 1.87 bits per heavy atom. The molecule has 2 saturated heterocycles. The van der Waals surface area contributed by atoms with Crippen LogP contribution >= 0.6 is 11.8 Å². The molecule has 31 heavy (non-hydrogen) atoms. The number of rotatable bonds is 5. The zero-order valence-electron chi connectivity index (χ0n) is 17.5. The van der Waals surface area contributed by atoms with Crippen molar-refractivity contribution < 1.29 is 38.1 Å². The molecule has 1 aromatic rings. The fourth-order valence-electron chi connectivity index (χ4n) is 3.64. The molecule has 9 heteroatoms. The Hall–Kier alpha value is -2.68. The minimum atomic E-state index is -1.00. The van der Waals surface area contributed by atoms with E-state index in [2.05, 4.69) is 0 Å². The van der Waals surface area contributed by atoms with Crippen molar-refractivity contribution in [3.05, 3.63) is 40.5 Å². The van der Waals surface area contributed by atoms with Crippen molar-refractivity contribution in [3.8, 4) is 5.75 Å². The van der Waals surface area contributed by atoms with Gasteiger partial charge in [0.25, 0.3) is 0 Å². The second-order valence-corrected chi connectivity index (χ2v) is 9.31. The summed E-state index contributed by atoms with van der Waals surface area (Å²) in [5, 5.41) is 0. The number of carbonyl (C=O) groups excluding carboxylic acids is 3. The van der Waals surface area contributed by atoms with Crippen molar-refractivity contribution in [1.82, 2.24) is 0 Å². The van der Waals surface area contributed by atoms with Crippen LogP contribution in [0.4, 0.5) is 0 Å². The lowest BCUT2D eigenvalue weighted by molar-refractivity contribution is -0.160. The van der Waals surface area contributed by atoms with E-state index >= 15 is 0 Å². The fourth-order valence-corrected chi connectivity index (χ4v) is 4.71. The number of hydrogen-bond acceptors (Lipinski definition) is 9. The summed E-state index contributed by atoms with van der Waals surface area (Å²) >= 11 is 1.27. The van der Waals surface area contributed by atoms with Gasteiger partial charge in [-0.1, -0.05) is 26.0 Å². The molecule has 0 spiro atoms. The molecule has 0 aliphatic carbocycles.